The largest absolute Gasteiger partial charge is 0.303 e. The zero-order valence-electron chi connectivity index (χ0n) is 9.47. The number of alkyl halides is 1. The molecule has 0 heterocycles. The molecule has 14 heavy (non-hydrogen) atoms. The summed E-state index contributed by atoms with van der Waals surface area (Å²) < 4.78 is 0. The van der Waals surface area contributed by atoms with Crippen molar-refractivity contribution in [1.82, 2.24) is 4.90 Å². The fourth-order valence-electron chi connectivity index (χ4n) is 2.03. The molecule has 1 aliphatic rings. The van der Waals surface area contributed by atoms with Gasteiger partial charge >= 0.3 is 0 Å². The van der Waals surface area contributed by atoms with E-state index in [1.807, 2.05) is 0 Å². The molecule has 2 heteroatoms. The van der Waals surface area contributed by atoms with Crippen LogP contribution >= 0.6 is 15.9 Å². The predicted molar refractivity (Wildman–Crippen MR) is 67.1 cm³/mol. The minimum atomic E-state index is 1.03. The van der Waals surface area contributed by atoms with Crippen molar-refractivity contribution in [2.24, 2.45) is 5.92 Å². The van der Waals surface area contributed by atoms with E-state index in [-0.39, 0.29) is 0 Å². The normalized spacial score (nSPS) is 17.4. The number of rotatable bonds is 8. The van der Waals surface area contributed by atoms with Crippen LogP contribution in [0.25, 0.3) is 0 Å². The van der Waals surface area contributed by atoms with E-state index in [2.05, 4.69) is 27.8 Å². The van der Waals surface area contributed by atoms with Gasteiger partial charge in [0.05, 0.1) is 0 Å². The Labute approximate surface area is 97.4 Å². The summed E-state index contributed by atoms with van der Waals surface area (Å²) in [6.07, 6.45) is 8.54. The van der Waals surface area contributed by atoms with Crippen LogP contribution in [-0.2, 0) is 0 Å². The molecule has 0 saturated heterocycles. The maximum atomic E-state index is 3.48. The third-order valence-electron chi connectivity index (χ3n) is 3.30. The summed E-state index contributed by atoms with van der Waals surface area (Å²) in [5.74, 6) is 1.03. The zero-order chi connectivity index (χ0) is 10.2. The van der Waals surface area contributed by atoms with Gasteiger partial charge in [-0.05, 0) is 44.7 Å². The van der Waals surface area contributed by atoms with Crippen LogP contribution in [0.3, 0.4) is 0 Å². The Balaban J connectivity index is 1.99. The average Bonchev–Trinajstić information content (AvgIpc) is 2.14. The quantitative estimate of drug-likeness (QED) is 0.476. The van der Waals surface area contributed by atoms with Gasteiger partial charge in [0.1, 0.15) is 0 Å². The van der Waals surface area contributed by atoms with E-state index < -0.39 is 0 Å². The zero-order valence-corrected chi connectivity index (χ0v) is 11.1. The second-order valence-electron chi connectivity index (χ2n) is 4.44. The van der Waals surface area contributed by atoms with E-state index in [1.54, 1.807) is 0 Å². The van der Waals surface area contributed by atoms with Gasteiger partial charge in [0.25, 0.3) is 0 Å². The lowest BCUT2D eigenvalue weighted by Crippen LogP contribution is -2.33. The highest BCUT2D eigenvalue weighted by molar-refractivity contribution is 9.09. The Morgan fingerprint density at radius 1 is 1.21 bits per heavy atom. The Kier molecular flexibility index (Phi) is 6.88. The molecule has 1 fully saturated rings. The molecule has 1 nitrogen and oxygen atoms in total. The summed E-state index contributed by atoms with van der Waals surface area (Å²) >= 11 is 3.48. The molecule has 0 spiro atoms. The van der Waals surface area contributed by atoms with E-state index in [0.717, 1.165) is 5.92 Å². The first kappa shape index (κ1) is 12.5. The monoisotopic (exact) mass is 261 g/mol. The molecule has 1 saturated carbocycles. The van der Waals surface area contributed by atoms with Gasteiger partial charge in [0, 0.05) is 11.9 Å². The fraction of sp³-hybridized carbons (Fsp3) is 1.00. The summed E-state index contributed by atoms with van der Waals surface area (Å²) in [5.41, 5.74) is 0. The number of hydrogen-bond acceptors (Lipinski definition) is 1. The van der Waals surface area contributed by atoms with E-state index in [9.17, 15) is 0 Å². The summed E-state index contributed by atoms with van der Waals surface area (Å²) in [6, 6.07) is 0. The molecule has 1 rings (SSSR count). The molecule has 0 aromatic carbocycles. The molecule has 0 aliphatic heterocycles. The number of unbranched alkanes of at least 4 members (excludes halogenated alkanes) is 2. The van der Waals surface area contributed by atoms with Gasteiger partial charge < -0.3 is 4.90 Å². The molecule has 0 radical (unpaired) electrons. The highest BCUT2D eigenvalue weighted by atomic mass is 79.9. The minimum absolute atomic E-state index is 1.03. The van der Waals surface area contributed by atoms with Crippen molar-refractivity contribution < 1.29 is 0 Å². The first-order valence-corrected chi connectivity index (χ1v) is 7.27. The van der Waals surface area contributed by atoms with Crippen molar-refractivity contribution in [2.45, 2.75) is 45.4 Å². The van der Waals surface area contributed by atoms with E-state index in [0.29, 0.717) is 0 Å². The lowest BCUT2D eigenvalue weighted by Gasteiger charge is -2.31. The summed E-state index contributed by atoms with van der Waals surface area (Å²) in [5, 5.41) is 1.17. The van der Waals surface area contributed by atoms with Crippen LogP contribution in [0.5, 0.6) is 0 Å². The number of nitrogens with zero attached hydrogens (tertiary/aromatic N) is 1. The minimum Gasteiger partial charge on any atom is -0.303 e. The topological polar surface area (TPSA) is 3.24 Å². The first-order valence-electron chi connectivity index (χ1n) is 6.15. The van der Waals surface area contributed by atoms with Crippen LogP contribution in [0.2, 0.25) is 0 Å². The van der Waals surface area contributed by atoms with Gasteiger partial charge in [-0.2, -0.15) is 0 Å². The van der Waals surface area contributed by atoms with E-state index in [1.165, 1.54) is 63.5 Å². The van der Waals surface area contributed by atoms with E-state index in [4.69, 9.17) is 0 Å². The Bertz CT molecular complexity index is 134. The maximum absolute atomic E-state index is 3.48. The second kappa shape index (κ2) is 7.70. The molecule has 0 unspecified atom stereocenters. The Morgan fingerprint density at radius 2 is 2.00 bits per heavy atom. The number of hydrogen-bond donors (Lipinski definition) is 0. The van der Waals surface area contributed by atoms with Gasteiger partial charge in [-0.3, -0.25) is 0 Å². The SMILES string of the molecule is CCN(CCCCCBr)CC1CCC1. The first-order chi connectivity index (χ1) is 6.86. The Hall–Kier alpha value is 0.440. The molecule has 84 valence electrons. The van der Waals surface area contributed by atoms with Crippen LogP contribution in [0, 0.1) is 5.92 Å². The third-order valence-corrected chi connectivity index (χ3v) is 3.86. The summed E-state index contributed by atoms with van der Waals surface area (Å²) in [7, 11) is 0. The van der Waals surface area contributed by atoms with Gasteiger partial charge in [-0.25, -0.2) is 0 Å². The van der Waals surface area contributed by atoms with Crippen molar-refractivity contribution >= 4 is 15.9 Å². The van der Waals surface area contributed by atoms with Gasteiger partial charge in [-0.1, -0.05) is 35.7 Å². The van der Waals surface area contributed by atoms with Crippen molar-refractivity contribution in [3.63, 3.8) is 0 Å². The van der Waals surface area contributed by atoms with Gasteiger partial charge in [0.15, 0.2) is 0 Å². The third kappa shape index (κ3) is 4.79. The molecular formula is C12H24BrN. The highest BCUT2D eigenvalue weighted by Crippen LogP contribution is 2.27. The molecule has 1 aliphatic carbocycles. The predicted octanol–water partition coefficient (Wildman–Crippen LogP) is 3.67. The van der Waals surface area contributed by atoms with Crippen LogP contribution in [-0.4, -0.2) is 29.9 Å². The van der Waals surface area contributed by atoms with E-state index >= 15 is 0 Å². The van der Waals surface area contributed by atoms with Gasteiger partial charge in [0.2, 0.25) is 0 Å². The molecular weight excluding hydrogens is 238 g/mol. The summed E-state index contributed by atoms with van der Waals surface area (Å²) in [6.45, 7) is 6.22. The van der Waals surface area contributed by atoms with Crippen LogP contribution in [0.15, 0.2) is 0 Å². The molecule has 0 atom stereocenters. The van der Waals surface area contributed by atoms with Crippen LogP contribution < -0.4 is 0 Å². The Morgan fingerprint density at radius 3 is 2.50 bits per heavy atom. The number of halogens is 1. The lowest BCUT2D eigenvalue weighted by atomic mass is 9.85. The van der Waals surface area contributed by atoms with Crippen molar-refractivity contribution in [3.05, 3.63) is 0 Å². The molecule has 0 amide bonds. The molecule has 0 aromatic heterocycles. The van der Waals surface area contributed by atoms with Crippen LogP contribution in [0.4, 0.5) is 0 Å². The molecule has 0 N–H and O–H groups in total. The maximum Gasteiger partial charge on any atom is 0.00313 e. The van der Waals surface area contributed by atoms with Crippen molar-refractivity contribution in [1.29, 1.82) is 0 Å². The standard InChI is InChI=1S/C12H24BrN/c1-2-14(10-5-3-4-9-13)11-12-7-6-8-12/h12H,2-11H2,1H3. The van der Waals surface area contributed by atoms with Crippen molar-refractivity contribution in [2.75, 3.05) is 25.0 Å². The lowest BCUT2D eigenvalue weighted by molar-refractivity contribution is 0.182. The smallest absolute Gasteiger partial charge is 0.00313 e. The van der Waals surface area contributed by atoms with Gasteiger partial charge in [-0.15, -0.1) is 0 Å². The average molecular weight is 262 g/mol. The fourth-order valence-corrected chi connectivity index (χ4v) is 2.42. The van der Waals surface area contributed by atoms with Crippen LogP contribution in [0.1, 0.15) is 45.4 Å². The highest BCUT2D eigenvalue weighted by Gasteiger charge is 2.19. The second-order valence-corrected chi connectivity index (χ2v) is 5.23. The van der Waals surface area contributed by atoms with Crippen molar-refractivity contribution in [3.8, 4) is 0 Å². The molecule has 0 aromatic rings. The molecule has 0 bridgehead atoms. The summed E-state index contributed by atoms with van der Waals surface area (Å²) in [4.78, 5) is 2.64.